The smallest absolute Gasteiger partial charge is 0.351 e. The number of hydrogen-bond acceptors (Lipinski definition) is 5. The number of ether oxygens (including phenoxy) is 3. The predicted molar refractivity (Wildman–Crippen MR) is 99.3 cm³/mol. The maximum atomic E-state index is 12.5. The van der Waals surface area contributed by atoms with E-state index in [2.05, 4.69) is 11.9 Å². The van der Waals surface area contributed by atoms with E-state index in [-0.39, 0.29) is 19.0 Å². The average Bonchev–Trinajstić information content (AvgIpc) is 3.15. The molecule has 1 aromatic heterocycles. The number of carbonyl (C=O) groups excluding carboxylic acids is 2. The van der Waals surface area contributed by atoms with Crippen LogP contribution in [0.1, 0.15) is 22.8 Å². The minimum absolute atomic E-state index is 0.0526. The molecule has 0 radical (unpaired) electrons. The molecule has 6 heteroatoms. The van der Waals surface area contributed by atoms with Gasteiger partial charge in [-0.3, -0.25) is 4.79 Å². The van der Waals surface area contributed by atoms with Crippen LogP contribution in [0.3, 0.4) is 0 Å². The van der Waals surface area contributed by atoms with E-state index in [0.29, 0.717) is 17.1 Å². The second kappa shape index (κ2) is 7.15. The molecule has 1 aliphatic rings. The monoisotopic (exact) mass is 365 g/mol. The van der Waals surface area contributed by atoms with Crippen LogP contribution >= 0.6 is 0 Å². The predicted octanol–water partition coefficient (Wildman–Crippen LogP) is 3.30. The van der Waals surface area contributed by atoms with E-state index >= 15 is 0 Å². The van der Waals surface area contributed by atoms with Gasteiger partial charge in [0.2, 0.25) is 11.9 Å². The molecule has 0 bridgehead atoms. The second-order valence-electron chi connectivity index (χ2n) is 6.29. The number of para-hydroxylation sites is 3. The van der Waals surface area contributed by atoms with Crippen LogP contribution in [0.15, 0.2) is 48.7 Å². The summed E-state index contributed by atoms with van der Waals surface area (Å²) in [5.41, 5.74) is 2.59. The van der Waals surface area contributed by atoms with Gasteiger partial charge < -0.3 is 19.2 Å². The summed E-state index contributed by atoms with van der Waals surface area (Å²) >= 11 is 0. The minimum Gasteiger partial charge on any atom is -0.485 e. The van der Waals surface area contributed by atoms with Gasteiger partial charge in [0.15, 0.2) is 18.1 Å². The first-order valence-electron chi connectivity index (χ1n) is 8.84. The molecule has 3 aromatic rings. The Morgan fingerprint density at radius 2 is 1.96 bits per heavy atom. The number of hydrogen-bond donors (Lipinski definition) is 1. The summed E-state index contributed by atoms with van der Waals surface area (Å²) in [5.74, 6) is 0.191. The van der Waals surface area contributed by atoms with Crippen molar-refractivity contribution in [3.8, 4) is 11.5 Å². The Hall–Kier alpha value is -3.28. The fourth-order valence-electron chi connectivity index (χ4n) is 3.19. The Morgan fingerprint density at radius 1 is 1.15 bits per heavy atom. The number of benzene rings is 2. The third-order valence-corrected chi connectivity index (χ3v) is 4.60. The third kappa shape index (κ3) is 3.26. The van der Waals surface area contributed by atoms with Gasteiger partial charge in [-0.1, -0.05) is 37.3 Å². The lowest BCUT2D eigenvalue weighted by atomic mass is 10.1. The summed E-state index contributed by atoms with van der Waals surface area (Å²) in [4.78, 5) is 27.9. The molecule has 2 aromatic carbocycles. The summed E-state index contributed by atoms with van der Waals surface area (Å²) in [6, 6.07) is 12.9. The highest BCUT2D eigenvalue weighted by Gasteiger charge is 2.29. The molecule has 6 nitrogen and oxygen atoms in total. The fourth-order valence-corrected chi connectivity index (χ4v) is 3.19. The first kappa shape index (κ1) is 17.1. The molecule has 0 amide bonds. The van der Waals surface area contributed by atoms with Crippen LogP contribution in [0, 0.1) is 0 Å². The number of nitrogens with one attached hydrogen (secondary N) is 1. The van der Waals surface area contributed by atoms with Gasteiger partial charge in [0.05, 0.1) is 0 Å². The third-order valence-electron chi connectivity index (χ3n) is 4.60. The molecule has 1 aliphatic heterocycles. The van der Waals surface area contributed by atoms with Crippen molar-refractivity contribution in [1.82, 2.24) is 4.98 Å². The highest BCUT2D eigenvalue weighted by molar-refractivity contribution is 6.09. The van der Waals surface area contributed by atoms with Crippen molar-refractivity contribution < 1.29 is 23.8 Å². The molecule has 1 atom stereocenters. The second-order valence-corrected chi connectivity index (χ2v) is 6.29. The largest absolute Gasteiger partial charge is 0.485 e. The Kier molecular flexibility index (Phi) is 4.54. The maximum Gasteiger partial charge on any atom is 0.351 e. The van der Waals surface area contributed by atoms with Gasteiger partial charge in [-0.15, -0.1) is 0 Å². The van der Waals surface area contributed by atoms with Crippen molar-refractivity contribution in [3.63, 3.8) is 0 Å². The van der Waals surface area contributed by atoms with Crippen molar-refractivity contribution in [3.05, 3.63) is 59.8 Å². The van der Waals surface area contributed by atoms with Crippen LogP contribution in [-0.4, -0.2) is 36.1 Å². The molecule has 0 spiro atoms. The standard InChI is InChI=1S/C21H19NO5/c1-2-13-6-5-7-14-15(10-22-20(13)14)16(23)11-26-21(24)19-12-25-17-8-3-4-9-18(17)27-19/h3-10,19,22H,2,11-12H2,1H3/t19-/m0/s1. The quantitative estimate of drug-likeness (QED) is 0.554. The van der Waals surface area contributed by atoms with E-state index in [1.165, 1.54) is 0 Å². The molecular weight excluding hydrogens is 346 g/mol. The molecular formula is C21H19NO5. The summed E-state index contributed by atoms with van der Waals surface area (Å²) in [6.45, 7) is 1.77. The highest BCUT2D eigenvalue weighted by atomic mass is 16.6. The van der Waals surface area contributed by atoms with Crippen LogP contribution in [0.5, 0.6) is 11.5 Å². The fraction of sp³-hybridized carbons (Fsp3) is 0.238. The van der Waals surface area contributed by atoms with Gasteiger partial charge in [0, 0.05) is 22.7 Å². The molecule has 4 rings (SSSR count). The number of H-pyrrole nitrogens is 1. The lowest BCUT2D eigenvalue weighted by Crippen LogP contribution is -2.38. The average molecular weight is 365 g/mol. The van der Waals surface area contributed by atoms with Crippen LogP contribution < -0.4 is 9.47 Å². The van der Waals surface area contributed by atoms with Crippen LogP contribution in [-0.2, 0) is 16.0 Å². The summed E-state index contributed by atoms with van der Waals surface area (Å²) in [6.07, 6.45) is 1.64. The number of fused-ring (bicyclic) bond motifs is 2. The molecule has 0 saturated carbocycles. The normalized spacial score (nSPS) is 15.5. The highest BCUT2D eigenvalue weighted by Crippen LogP contribution is 2.31. The first-order chi connectivity index (χ1) is 13.2. The molecule has 1 N–H and O–H groups in total. The number of rotatable bonds is 5. The molecule has 138 valence electrons. The van der Waals surface area contributed by atoms with E-state index < -0.39 is 12.1 Å². The lowest BCUT2D eigenvalue weighted by molar-refractivity contribution is -0.153. The number of esters is 1. The van der Waals surface area contributed by atoms with E-state index in [0.717, 1.165) is 22.9 Å². The number of ketones is 1. The van der Waals surface area contributed by atoms with Gasteiger partial charge in [-0.25, -0.2) is 4.79 Å². The number of aromatic amines is 1. The van der Waals surface area contributed by atoms with Crippen LogP contribution in [0.4, 0.5) is 0 Å². The van der Waals surface area contributed by atoms with Gasteiger partial charge in [0.25, 0.3) is 0 Å². The van der Waals surface area contributed by atoms with Crippen molar-refractivity contribution in [2.75, 3.05) is 13.2 Å². The van der Waals surface area contributed by atoms with Crippen molar-refractivity contribution >= 4 is 22.7 Å². The van der Waals surface area contributed by atoms with E-state index in [1.807, 2.05) is 24.3 Å². The maximum absolute atomic E-state index is 12.5. The van der Waals surface area contributed by atoms with Crippen molar-refractivity contribution in [2.24, 2.45) is 0 Å². The number of Topliss-reactive ketones (excluding diaryl/α,β-unsaturated/α-hetero) is 1. The summed E-state index contributed by atoms with van der Waals surface area (Å²) < 4.78 is 16.3. The Bertz CT molecular complexity index is 1010. The van der Waals surface area contributed by atoms with E-state index in [9.17, 15) is 9.59 Å². The zero-order valence-corrected chi connectivity index (χ0v) is 14.9. The number of aryl methyl sites for hydroxylation is 1. The summed E-state index contributed by atoms with van der Waals surface area (Å²) in [5, 5.41) is 0.835. The molecule has 2 heterocycles. The molecule has 27 heavy (non-hydrogen) atoms. The number of carbonyl (C=O) groups is 2. The molecule has 0 unspecified atom stereocenters. The zero-order valence-electron chi connectivity index (χ0n) is 14.9. The van der Waals surface area contributed by atoms with Crippen molar-refractivity contribution in [2.45, 2.75) is 19.4 Å². The SMILES string of the molecule is CCc1cccc2c(C(=O)COC(=O)[C@@H]3COc4ccccc4O3)c[nH]c12. The summed E-state index contributed by atoms with van der Waals surface area (Å²) in [7, 11) is 0. The molecule has 0 fully saturated rings. The van der Waals surface area contributed by atoms with E-state index in [1.54, 1.807) is 24.4 Å². The Labute approximate surface area is 156 Å². The molecule has 0 saturated heterocycles. The van der Waals surface area contributed by atoms with Gasteiger partial charge in [0.1, 0.15) is 6.61 Å². The minimum atomic E-state index is -0.887. The number of aromatic nitrogens is 1. The topological polar surface area (TPSA) is 77.6 Å². The van der Waals surface area contributed by atoms with Gasteiger partial charge >= 0.3 is 5.97 Å². The first-order valence-corrected chi connectivity index (χ1v) is 8.84. The Balaban J connectivity index is 1.42. The van der Waals surface area contributed by atoms with E-state index in [4.69, 9.17) is 14.2 Å². The van der Waals surface area contributed by atoms with Gasteiger partial charge in [-0.05, 0) is 24.1 Å². The van der Waals surface area contributed by atoms with Gasteiger partial charge in [-0.2, -0.15) is 0 Å². The Morgan fingerprint density at radius 3 is 2.78 bits per heavy atom. The molecule has 0 aliphatic carbocycles. The van der Waals surface area contributed by atoms with Crippen LogP contribution in [0.2, 0.25) is 0 Å². The van der Waals surface area contributed by atoms with Crippen molar-refractivity contribution in [1.29, 1.82) is 0 Å². The zero-order chi connectivity index (χ0) is 18.8. The van der Waals surface area contributed by atoms with Crippen LogP contribution in [0.25, 0.3) is 10.9 Å². The lowest BCUT2D eigenvalue weighted by Gasteiger charge is -2.24.